The van der Waals surface area contributed by atoms with Crippen LogP contribution < -0.4 is 10.7 Å². The molecule has 15 heteroatoms. The molecular formula is C52H69N7O8. The summed E-state index contributed by atoms with van der Waals surface area (Å²) in [5, 5.41) is 16.7. The lowest BCUT2D eigenvalue weighted by Gasteiger charge is -2.37. The Kier molecular flexibility index (Phi) is 16.0. The van der Waals surface area contributed by atoms with E-state index in [4.69, 9.17) is 14.5 Å². The van der Waals surface area contributed by atoms with Crippen LogP contribution in [0.25, 0.3) is 27.6 Å². The van der Waals surface area contributed by atoms with Gasteiger partial charge in [-0.05, 0) is 105 Å². The first-order valence-electron chi connectivity index (χ1n) is 23.5. The molecule has 3 aliphatic heterocycles. The molecule has 6 rings (SSSR count). The molecule has 15 nitrogen and oxygen atoms in total. The summed E-state index contributed by atoms with van der Waals surface area (Å²) in [4.78, 5) is 77.2. The number of nitrogens with zero attached hydrogens (tertiary/aromatic N) is 5. The zero-order valence-electron chi connectivity index (χ0n) is 40.7. The summed E-state index contributed by atoms with van der Waals surface area (Å²) in [5.74, 6) is -2.92. The Hall–Kier alpha value is -6.06. The SMILES string of the molecule is C=CC(=O)N1CC[C@H](C(=O)N(C)[C@H](C(=O)N[C@H]2Cc3cc(O)cc(c3)-c3ccc4c(c3)c(c(/C(C=C)=C(/N=CC)[C@H](C)OC)n4CC)CC(C)(C)COC(=O)[C@@H]3CCCN(N3)C2=O)C(C)C)C1. The Morgan fingerprint density at radius 2 is 1.82 bits per heavy atom. The van der Waals surface area contributed by atoms with E-state index in [1.54, 1.807) is 37.4 Å². The number of phenolic OH excluding ortho intramolecular Hbond substituents is 1. The largest absolute Gasteiger partial charge is 0.508 e. The lowest BCUT2D eigenvalue weighted by Crippen LogP contribution is -2.62. The maximum atomic E-state index is 14.7. The number of phenols is 1. The summed E-state index contributed by atoms with van der Waals surface area (Å²) in [7, 11) is 3.23. The van der Waals surface area contributed by atoms with Crippen LogP contribution in [0.15, 0.2) is 72.4 Å². The van der Waals surface area contributed by atoms with Gasteiger partial charge < -0.3 is 34.3 Å². The minimum absolute atomic E-state index is 0.0209. The third-order valence-electron chi connectivity index (χ3n) is 13.3. The van der Waals surface area contributed by atoms with E-state index in [0.29, 0.717) is 49.9 Å². The number of likely N-dealkylation sites (N-methyl/N-ethyl adjacent to an activating group) is 1. The molecule has 4 amide bonds. The molecule has 3 N–H and O–H groups in total. The Morgan fingerprint density at radius 1 is 1.07 bits per heavy atom. The van der Waals surface area contributed by atoms with Crippen LogP contribution in [0.1, 0.15) is 84.5 Å². The molecule has 4 heterocycles. The second-order valence-corrected chi connectivity index (χ2v) is 19.1. The Bertz CT molecular complexity index is 2470. The van der Waals surface area contributed by atoms with Gasteiger partial charge in [0.1, 0.15) is 23.9 Å². The first-order chi connectivity index (χ1) is 31.9. The maximum Gasteiger partial charge on any atom is 0.324 e. The van der Waals surface area contributed by atoms with Gasteiger partial charge in [0.15, 0.2) is 0 Å². The van der Waals surface area contributed by atoms with Gasteiger partial charge >= 0.3 is 5.97 Å². The molecule has 2 saturated heterocycles. The van der Waals surface area contributed by atoms with Gasteiger partial charge in [-0.15, -0.1) is 0 Å². The third kappa shape index (κ3) is 10.9. The zero-order valence-corrected chi connectivity index (χ0v) is 40.7. The van der Waals surface area contributed by atoms with Gasteiger partial charge in [-0.25, -0.2) is 5.43 Å². The van der Waals surface area contributed by atoms with Gasteiger partial charge in [-0.2, -0.15) is 0 Å². The van der Waals surface area contributed by atoms with Gasteiger partial charge in [-0.3, -0.25) is 34.0 Å². The molecule has 5 atom stereocenters. The number of cyclic esters (lactones) is 1. The summed E-state index contributed by atoms with van der Waals surface area (Å²) in [6.45, 7) is 23.1. The van der Waals surface area contributed by atoms with Crippen molar-refractivity contribution in [2.75, 3.05) is 40.4 Å². The van der Waals surface area contributed by atoms with Crippen molar-refractivity contribution in [3.05, 3.63) is 84.2 Å². The Labute approximate surface area is 394 Å². The molecule has 0 spiro atoms. The van der Waals surface area contributed by atoms with Gasteiger partial charge in [-0.1, -0.05) is 59.1 Å². The predicted molar refractivity (Wildman–Crippen MR) is 261 cm³/mol. The summed E-state index contributed by atoms with van der Waals surface area (Å²) >= 11 is 0. The number of carbonyl (C=O) groups excluding carboxylic acids is 5. The second-order valence-electron chi connectivity index (χ2n) is 19.1. The van der Waals surface area contributed by atoms with E-state index in [1.165, 1.54) is 16.0 Å². The van der Waals surface area contributed by atoms with Crippen molar-refractivity contribution in [2.45, 2.75) is 111 Å². The molecule has 0 saturated carbocycles. The van der Waals surface area contributed by atoms with E-state index in [2.05, 4.69) is 61.4 Å². The standard InChI is InChI=1S/C52H69N7O8/c1-12-38(45(53-14-3)32(7)66-11)47-40-28-52(8,9)30-67-51(65)41-17-16-21-59(55-41)50(64)42(25-33-23-36(26-37(60)24-33)34-18-19-43(39(40)27-34)58(47)15-4)54-48(62)46(31(5)6)56(10)49(63)35-20-22-57(29-35)44(61)13-2/h12-14,18-19,23-24,26-27,31-32,35,41-42,46,55,60H,1-2,15-17,20-22,25,28-30H2,3-11H3,(H,54,62)/b45-38+,53-14?/t32-,35-,41-,42-,46-/m0/s1. The highest BCUT2D eigenvalue weighted by atomic mass is 16.5. The number of benzene rings is 2. The number of methoxy groups -OCH3 is 1. The number of amides is 4. The topological polar surface area (TPSA) is 175 Å². The lowest BCUT2D eigenvalue weighted by molar-refractivity contribution is -0.155. The van der Waals surface area contributed by atoms with Gasteiger partial charge in [0, 0.05) is 74.9 Å². The van der Waals surface area contributed by atoms with Crippen LogP contribution in [-0.2, 0) is 52.8 Å². The van der Waals surface area contributed by atoms with Crippen molar-refractivity contribution < 1.29 is 38.6 Å². The lowest BCUT2D eigenvalue weighted by atomic mass is 9.84. The van der Waals surface area contributed by atoms with Crippen molar-refractivity contribution >= 4 is 52.3 Å². The smallest absolute Gasteiger partial charge is 0.324 e. The average molecular weight is 920 g/mol. The molecule has 2 fully saturated rings. The highest BCUT2D eigenvalue weighted by molar-refractivity contribution is 5.96. The van der Waals surface area contributed by atoms with Crippen LogP contribution in [0.5, 0.6) is 5.75 Å². The van der Waals surface area contributed by atoms with E-state index in [1.807, 2.05) is 45.9 Å². The molecule has 1 aromatic heterocycles. The minimum Gasteiger partial charge on any atom is -0.508 e. The van der Waals surface area contributed by atoms with Crippen LogP contribution in [0.2, 0.25) is 0 Å². The van der Waals surface area contributed by atoms with Crippen molar-refractivity contribution in [3.8, 4) is 16.9 Å². The monoisotopic (exact) mass is 920 g/mol. The number of rotatable bonds is 12. The van der Waals surface area contributed by atoms with Crippen molar-refractivity contribution in [2.24, 2.45) is 22.2 Å². The molecule has 360 valence electrons. The molecule has 2 aromatic carbocycles. The molecule has 6 bridgehead atoms. The Morgan fingerprint density at radius 3 is 2.48 bits per heavy atom. The van der Waals surface area contributed by atoms with Gasteiger partial charge in [0.05, 0.1) is 30.0 Å². The Balaban J connectivity index is 1.47. The first-order valence-corrected chi connectivity index (χ1v) is 23.5. The highest BCUT2D eigenvalue weighted by Gasteiger charge is 2.40. The van der Waals surface area contributed by atoms with Crippen molar-refractivity contribution in [1.29, 1.82) is 0 Å². The fourth-order valence-electron chi connectivity index (χ4n) is 9.88. The fourth-order valence-corrected chi connectivity index (χ4v) is 9.88. The molecule has 0 radical (unpaired) electrons. The number of aryl methyl sites for hydroxylation is 1. The van der Waals surface area contributed by atoms with E-state index in [0.717, 1.165) is 39.0 Å². The van der Waals surface area contributed by atoms with Crippen LogP contribution >= 0.6 is 0 Å². The van der Waals surface area contributed by atoms with E-state index in [-0.39, 0.29) is 55.7 Å². The molecule has 0 unspecified atom stereocenters. The molecule has 67 heavy (non-hydrogen) atoms. The predicted octanol–water partition coefficient (Wildman–Crippen LogP) is 6.22. The summed E-state index contributed by atoms with van der Waals surface area (Å²) < 4.78 is 14.2. The number of hydrazine groups is 1. The number of hydrogen-bond acceptors (Lipinski definition) is 10. The normalized spacial score (nSPS) is 21.4. The van der Waals surface area contributed by atoms with E-state index >= 15 is 0 Å². The van der Waals surface area contributed by atoms with Crippen LogP contribution in [0.4, 0.5) is 0 Å². The number of allylic oxidation sites excluding steroid dienone is 2. The minimum atomic E-state index is -1.17. The zero-order chi connectivity index (χ0) is 48.9. The summed E-state index contributed by atoms with van der Waals surface area (Å²) in [6.07, 6.45) is 6.31. The van der Waals surface area contributed by atoms with Crippen molar-refractivity contribution in [1.82, 2.24) is 30.1 Å². The van der Waals surface area contributed by atoms with Gasteiger partial charge in [0.2, 0.25) is 17.7 Å². The highest BCUT2D eigenvalue weighted by Crippen LogP contribution is 2.41. The van der Waals surface area contributed by atoms with Gasteiger partial charge in [0.25, 0.3) is 5.91 Å². The molecular weight excluding hydrogens is 851 g/mol. The first kappa shape index (κ1) is 50.4. The van der Waals surface area contributed by atoms with Crippen molar-refractivity contribution in [3.63, 3.8) is 0 Å². The number of hydrogen-bond donors (Lipinski definition) is 3. The third-order valence-corrected chi connectivity index (χ3v) is 13.3. The van der Waals surface area contributed by atoms with Crippen LogP contribution in [0, 0.1) is 17.3 Å². The molecule has 3 aliphatic rings. The number of aliphatic imine (C=N–C) groups is 1. The van der Waals surface area contributed by atoms with E-state index in [9.17, 15) is 29.1 Å². The average Bonchev–Trinajstić information content (AvgIpc) is 3.92. The second kappa shape index (κ2) is 21.3. The number of ether oxygens (including phenoxy) is 2. The number of fused-ring (bicyclic) bond motifs is 6. The number of aromatic nitrogens is 1. The number of likely N-dealkylation sites (tertiary alicyclic amines) is 1. The summed E-state index contributed by atoms with van der Waals surface area (Å²) in [6, 6.07) is 8.39. The molecule has 3 aromatic rings. The number of nitrogens with one attached hydrogen (secondary N) is 2. The summed E-state index contributed by atoms with van der Waals surface area (Å²) in [5.41, 5.74) is 9.08. The fraction of sp³-hybridized carbons (Fsp3) is 0.500. The van der Waals surface area contributed by atoms with Crippen LogP contribution in [-0.4, -0.2) is 125 Å². The number of aromatic hydroxyl groups is 1. The quantitative estimate of drug-likeness (QED) is 0.0825. The number of esters is 1. The molecule has 0 aliphatic carbocycles. The van der Waals surface area contributed by atoms with Crippen LogP contribution in [0.3, 0.4) is 0 Å². The maximum absolute atomic E-state index is 14.7. The number of carbonyl (C=O) groups is 5. The van der Waals surface area contributed by atoms with E-state index < -0.39 is 47.2 Å².